The van der Waals surface area contributed by atoms with E-state index in [9.17, 15) is 13.2 Å². The zero-order chi connectivity index (χ0) is 25.6. The molecule has 1 atom stereocenters. The topological polar surface area (TPSA) is 75.7 Å². The average molecular weight is 495 g/mol. The fourth-order valence-corrected chi connectivity index (χ4v) is 5.42. The fourth-order valence-electron chi connectivity index (χ4n) is 3.94. The third-order valence-electron chi connectivity index (χ3n) is 5.84. The van der Waals surface area contributed by atoms with Crippen molar-refractivity contribution in [3.63, 3.8) is 0 Å². The molecule has 0 saturated carbocycles. The summed E-state index contributed by atoms with van der Waals surface area (Å²) in [5, 5.41) is 3.07. The lowest BCUT2D eigenvalue weighted by atomic mass is 9.97. The molecule has 0 aliphatic rings. The van der Waals surface area contributed by atoms with E-state index in [-0.39, 0.29) is 23.4 Å². The average Bonchev–Trinajstić information content (AvgIpc) is 2.82. The second-order valence-electron chi connectivity index (χ2n) is 9.13. The minimum Gasteiger partial charge on any atom is -0.497 e. The van der Waals surface area contributed by atoms with Gasteiger partial charge in [-0.15, -0.1) is 0 Å². The van der Waals surface area contributed by atoms with Crippen LogP contribution in [-0.4, -0.2) is 28.0 Å². The summed E-state index contributed by atoms with van der Waals surface area (Å²) in [6.45, 7) is 7.58. The summed E-state index contributed by atoms with van der Waals surface area (Å²) in [6.07, 6.45) is 0.715. The molecule has 0 aromatic heterocycles. The first-order valence-corrected chi connectivity index (χ1v) is 13.1. The molecule has 0 radical (unpaired) electrons. The number of carbonyl (C=O) groups excluding carboxylic acids is 1. The van der Waals surface area contributed by atoms with Gasteiger partial charge in [-0.1, -0.05) is 61.9 Å². The first-order valence-electron chi connectivity index (χ1n) is 11.7. The molecular weight excluding hydrogens is 460 g/mol. The predicted molar refractivity (Wildman–Crippen MR) is 140 cm³/mol. The number of ether oxygens (including phenoxy) is 1. The van der Waals surface area contributed by atoms with Crippen molar-refractivity contribution < 1.29 is 17.9 Å². The maximum absolute atomic E-state index is 13.7. The molecule has 6 nitrogen and oxygen atoms in total. The van der Waals surface area contributed by atoms with Crippen LogP contribution < -0.4 is 14.4 Å². The van der Waals surface area contributed by atoms with Crippen LogP contribution >= 0.6 is 0 Å². The van der Waals surface area contributed by atoms with Crippen molar-refractivity contribution in [2.75, 3.05) is 18.0 Å². The van der Waals surface area contributed by atoms with Crippen LogP contribution in [0.3, 0.4) is 0 Å². The predicted octanol–water partition coefficient (Wildman–Crippen LogP) is 5.41. The van der Waals surface area contributed by atoms with E-state index in [4.69, 9.17) is 4.74 Å². The van der Waals surface area contributed by atoms with Gasteiger partial charge in [0.1, 0.15) is 12.3 Å². The first-order chi connectivity index (χ1) is 16.6. The Hall–Kier alpha value is -3.32. The molecule has 0 aliphatic heterocycles. The van der Waals surface area contributed by atoms with E-state index in [1.807, 2.05) is 50.2 Å². The molecule has 3 aromatic rings. The van der Waals surface area contributed by atoms with Crippen molar-refractivity contribution in [3.05, 3.63) is 89.5 Å². The monoisotopic (exact) mass is 494 g/mol. The van der Waals surface area contributed by atoms with Gasteiger partial charge in [-0.25, -0.2) is 8.42 Å². The Morgan fingerprint density at radius 2 is 1.57 bits per heavy atom. The maximum Gasteiger partial charge on any atom is 0.264 e. The number of hydrogen-bond donors (Lipinski definition) is 1. The highest BCUT2D eigenvalue weighted by Crippen LogP contribution is 2.28. The standard InChI is InChI=1S/C28H34N2O4S/c1-20(2)18-26(23-12-14-24(34-5)15-13-23)29-28(31)19-30(27-9-7-6-8-22(27)4)35(32,33)25-16-10-21(3)11-17-25/h6-17,20,26H,18-19H2,1-5H3,(H,29,31)/t26-/m1/s1. The summed E-state index contributed by atoms with van der Waals surface area (Å²) >= 11 is 0. The van der Waals surface area contributed by atoms with Gasteiger partial charge in [0.2, 0.25) is 5.91 Å². The van der Waals surface area contributed by atoms with Crippen LogP contribution in [0.1, 0.15) is 43.0 Å². The number of nitrogens with one attached hydrogen (secondary N) is 1. The molecule has 1 amide bonds. The lowest BCUT2D eigenvalue weighted by Gasteiger charge is -2.27. The molecule has 7 heteroatoms. The van der Waals surface area contributed by atoms with E-state index in [1.165, 1.54) is 4.31 Å². The molecule has 0 aliphatic carbocycles. The van der Waals surface area contributed by atoms with Gasteiger partial charge in [-0.2, -0.15) is 0 Å². The summed E-state index contributed by atoms with van der Waals surface area (Å²) in [5.41, 5.74) is 3.15. The van der Waals surface area contributed by atoms with Gasteiger partial charge < -0.3 is 10.1 Å². The van der Waals surface area contributed by atoms with Gasteiger partial charge in [0.05, 0.1) is 23.7 Å². The molecule has 0 unspecified atom stereocenters. The second kappa shape index (κ2) is 11.4. The Labute approximate surface area is 209 Å². The van der Waals surface area contributed by atoms with E-state index in [2.05, 4.69) is 19.2 Å². The van der Waals surface area contributed by atoms with Crippen LogP contribution in [-0.2, 0) is 14.8 Å². The van der Waals surface area contributed by atoms with Gasteiger partial charge in [0.25, 0.3) is 10.0 Å². The summed E-state index contributed by atoms with van der Waals surface area (Å²) in [6, 6.07) is 21.2. The SMILES string of the molecule is COc1ccc([C@@H](CC(C)C)NC(=O)CN(c2ccccc2C)S(=O)(=O)c2ccc(C)cc2)cc1. The molecule has 186 valence electrons. The first kappa shape index (κ1) is 26.3. The van der Waals surface area contributed by atoms with Crippen LogP contribution in [0.2, 0.25) is 0 Å². The number of methoxy groups -OCH3 is 1. The van der Waals surface area contributed by atoms with E-state index in [0.717, 1.165) is 22.4 Å². The van der Waals surface area contributed by atoms with Crippen molar-refractivity contribution in [2.45, 2.75) is 45.1 Å². The van der Waals surface area contributed by atoms with Crippen molar-refractivity contribution >= 4 is 21.6 Å². The third kappa shape index (κ3) is 6.63. The quantitative estimate of drug-likeness (QED) is 0.409. The number of sulfonamides is 1. The van der Waals surface area contributed by atoms with Gasteiger partial charge in [-0.05, 0) is 67.6 Å². The highest BCUT2D eigenvalue weighted by Gasteiger charge is 2.29. The van der Waals surface area contributed by atoms with E-state index in [1.54, 1.807) is 43.5 Å². The molecule has 3 aromatic carbocycles. The number of rotatable bonds is 10. The number of nitrogens with zero attached hydrogens (tertiary/aromatic N) is 1. The molecule has 1 N–H and O–H groups in total. The second-order valence-corrected chi connectivity index (χ2v) is 11.0. The minimum atomic E-state index is -3.96. The number of amides is 1. The Morgan fingerprint density at radius 3 is 2.14 bits per heavy atom. The molecule has 3 rings (SSSR count). The van der Waals surface area contributed by atoms with Crippen LogP contribution in [0.15, 0.2) is 77.7 Å². The number of aryl methyl sites for hydroxylation is 2. The van der Waals surface area contributed by atoms with Crippen LogP contribution in [0.5, 0.6) is 5.75 Å². The Bertz CT molecular complexity index is 1240. The van der Waals surface area contributed by atoms with Crippen molar-refractivity contribution in [1.29, 1.82) is 0 Å². The molecule has 0 fully saturated rings. The molecule has 0 saturated heterocycles. The van der Waals surface area contributed by atoms with E-state index >= 15 is 0 Å². The smallest absolute Gasteiger partial charge is 0.264 e. The largest absolute Gasteiger partial charge is 0.497 e. The Kier molecular flexibility index (Phi) is 8.57. The summed E-state index contributed by atoms with van der Waals surface area (Å²) in [4.78, 5) is 13.5. The minimum absolute atomic E-state index is 0.146. The van der Waals surface area contributed by atoms with Crippen molar-refractivity contribution in [3.8, 4) is 5.75 Å². The summed E-state index contributed by atoms with van der Waals surface area (Å²) in [7, 11) is -2.36. The van der Waals surface area contributed by atoms with Crippen molar-refractivity contribution in [1.82, 2.24) is 5.32 Å². The number of anilines is 1. The normalized spacial score (nSPS) is 12.3. The van der Waals surface area contributed by atoms with Gasteiger partial charge in [0, 0.05) is 0 Å². The van der Waals surface area contributed by atoms with Gasteiger partial charge in [-0.3, -0.25) is 9.10 Å². The van der Waals surface area contributed by atoms with E-state index in [0.29, 0.717) is 18.0 Å². The number of para-hydroxylation sites is 1. The highest BCUT2D eigenvalue weighted by molar-refractivity contribution is 7.92. The summed E-state index contributed by atoms with van der Waals surface area (Å²) < 4.78 is 33.8. The van der Waals surface area contributed by atoms with Gasteiger partial charge >= 0.3 is 0 Å². The Morgan fingerprint density at radius 1 is 0.943 bits per heavy atom. The lowest BCUT2D eigenvalue weighted by Crippen LogP contribution is -2.42. The van der Waals surface area contributed by atoms with Crippen LogP contribution in [0.4, 0.5) is 5.69 Å². The number of hydrogen-bond acceptors (Lipinski definition) is 4. The molecular formula is C28H34N2O4S. The lowest BCUT2D eigenvalue weighted by molar-refractivity contribution is -0.120. The van der Waals surface area contributed by atoms with Crippen molar-refractivity contribution in [2.24, 2.45) is 5.92 Å². The van der Waals surface area contributed by atoms with Gasteiger partial charge in [0.15, 0.2) is 0 Å². The molecule has 0 heterocycles. The maximum atomic E-state index is 13.7. The van der Waals surface area contributed by atoms with E-state index < -0.39 is 10.0 Å². The molecule has 35 heavy (non-hydrogen) atoms. The summed E-state index contributed by atoms with van der Waals surface area (Å²) in [5.74, 6) is 0.690. The number of benzene rings is 3. The third-order valence-corrected chi connectivity index (χ3v) is 7.61. The highest BCUT2D eigenvalue weighted by atomic mass is 32.2. The van der Waals surface area contributed by atoms with Crippen LogP contribution in [0.25, 0.3) is 0 Å². The molecule has 0 spiro atoms. The Balaban J connectivity index is 1.93. The number of carbonyl (C=O) groups is 1. The zero-order valence-corrected chi connectivity index (χ0v) is 21.8. The fraction of sp³-hybridized carbons (Fsp3) is 0.321. The zero-order valence-electron chi connectivity index (χ0n) is 21.0. The van der Waals surface area contributed by atoms with Crippen LogP contribution in [0, 0.1) is 19.8 Å². The molecule has 0 bridgehead atoms.